The highest BCUT2D eigenvalue weighted by Gasteiger charge is 2.26. The number of rotatable bonds is 5. The molecular weight excluding hydrogens is 358 g/mol. The molecule has 0 atom stereocenters. The Balaban J connectivity index is 1.44. The summed E-state index contributed by atoms with van der Waals surface area (Å²) in [7, 11) is 0. The second-order valence-electron chi connectivity index (χ2n) is 7.57. The van der Waals surface area contributed by atoms with Crippen molar-refractivity contribution in [3.63, 3.8) is 0 Å². The van der Waals surface area contributed by atoms with Crippen LogP contribution in [-0.4, -0.2) is 38.4 Å². The molecule has 2 aromatic rings. The summed E-state index contributed by atoms with van der Waals surface area (Å²) in [6.45, 7) is 6.03. The van der Waals surface area contributed by atoms with E-state index in [0.29, 0.717) is 25.2 Å². The highest BCUT2D eigenvalue weighted by atomic mass is 16.7. The number of carbonyl (C=O) groups excluding carboxylic acids is 2. The van der Waals surface area contributed by atoms with Gasteiger partial charge >= 0.3 is 6.03 Å². The van der Waals surface area contributed by atoms with Crippen molar-refractivity contribution in [1.29, 1.82) is 0 Å². The van der Waals surface area contributed by atoms with E-state index in [1.165, 1.54) is 0 Å². The first-order valence-corrected chi connectivity index (χ1v) is 9.28. The van der Waals surface area contributed by atoms with E-state index >= 15 is 0 Å². The largest absolute Gasteiger partial charge is 0.454 e. The van der Waals surface area contributed by atoms with Crippen LogP contribution in [0.3, 0.4) is 0 Å². The number of urea groups is 1. The third kappa shape index (κ3) is 3.47. The van der Waals surface area contributed by atoms with E-state index in [1.54, 1.807) is 23.1 Å². The molecule has 0 aromatic heterocycles. The van der Waals surface area contributed by atoms with Gasteiger partial charge in [-0.25, -0.2) is 4.79 Å². The summed E-state index contributed by atoms with van der Waals surface area (Å²) in [6.07, 6.45) is 0. The average molecular weight is 381 g/mol. The fraction of sp³-hybridized carbons (Fsp3) is 0.333. The summed E-state index contributed by atoms with van der Waals surface area (Å²) < 4.78 is 10.8. The second kappa shape index (κ2) is 7.07. The highest BCUT2D eigenvalue weighted by molar-refractivity contribution is 5.98. The maximum Gasteiger partial charge on any atom is 0.321 e. The molecule has 2 aromatic carbocycles. The highest BCUT2D eigenvalue weighted by Crippen LogP contribution is 2.36. The van der Waals surface area contributed by atoms with E-state index in [4.69, 9.17) is 9.47 Å². The van der Waals surface area contributed by atoms with Crippen molar-refractivity contribution in [3.8, 4) is 11.5 Å². The number of nitrogens with zero attached hydrogens (tertiary/aromatic N) is 1. The lowest BCUT2D eigenvalue weighted by atomic mass is 9.84. The molecule has 2 heterocycles. The molecule has 1 saturated heterocycles. The van der Waals surface area contributed by atoms with Crippen LogP contribution in [0.2, 0.25) is 0 Å². The van der Waals surface area contributed by atoms with Gasteiger partial charge in [-0.05, 0) is 35.9 Å². The number of benzene rings is 2. The number of fused-ring (bicyclic) bond motifs is 1. The average Bonchev–Trinajstić information content (AvgIpc) is 3.34. The second-order valence-corrected chi connectivity index (χ2v) is 7.57. The third-order valence-corrected chi connectivity index (χ3v) is 5.12. The van der Waals surface area contributed by atoms with Crippen molar-refractivity contribution < 1.29 is 19.1 Å². The standard InChI is InChI=1S/C21H23N3O4/c1-21(2,15-6-7-17-18(11-15)28-13-27-17)12-23-19(25)14-4-3-5-16(10-14)24-9-8-22-20(24)26/h3-7,10-11H,8-9,12-13H2,1-2H3,(H,22,26)(H,23,25). The molecule has 7 heteroatoms. The SMILES string of the molecule is CC(C)(CNC(=O)c1cccc(N2CCNC2=O)c1)c1ccc2c(c1)OCO2. The lowest BCUT2D eigenvalue weighted by molar-refractivity contribution is 0.0945. The maximum atomic E-state index is 12.7. The van der Waals surface area contributed by atoms with Gasteiger partial charge in [-0.1, -0.05) is 26.0 Å². The van der Waals surface area contributed by atoms with Crippen molar-refractivity contribution in [2.45, 2.75) is 19.3 Å². The van der Waals surface area contributed by atoms with Crippen LogP contribution < -0.4 is 25.0 Å². The molecule has 3 amide bonds. The van der Waals surface area contributed by atoms with Crippen LogP contribution in [0.15, 0.2) is 42.5 Å². The van der Waals surface area contributed by atoms with Crippen molar-refractivity contribution in [3.05, 3.63) is 53.6 Å². The molecule has 2 aliphatic rings. The Morgan fingerprint density at radius 3 is 2.79 bits per heavy atom. The molecule has 146 valence electrons. The number of ether oxygens (including phenoxy) is 2. The van der Waals surface area contributed by atoms with E-state index in [1.807, 2.05) is 24.3 Å². The Labute approximate surface area is 163 Å². The van der Waals surface area contributed by atoms with Gasteiger partial charge in [-0.3, -0.25) is 9.69 Å². The zero-order valence-corrected chi connectivity index (χ0v) is 16.0. The van der Waals surface area contributed by atoms with E-state index in [2.05, 4.69) is 24.5 Å². The molecule has 1 fully saturated rings. The van der Waals surface area contributed by atoms with Crippen molar-refractivity contribution >= 4 is 17.6 Å². The van der Waals surface area contributed by atoms with Gasteiger partial charge < -0.3 is 20.1 Å². The molecular formula is C21H23N3O4. The quantitative estimate of drug-likeness (QED) is 0.835. The van der Waals surface area contributed by atoms with Gasteiger partial charge in [-0.15, -0.1) is 0 Å². The zero-order chi connectivity index (χ0) is 19.7. The molecule has 0 spiro atoms. The number of anilines is 1. The monoisotopic (exact) mass is 381 g/mol. The number of carbonyl (C=O) groups is 2. The summed E-state index contributed by atoms with van der Waals surface area (Å²) in [5, 5.41) is 5.77. The summed E-state index contributed by atoms with van der Waals surface area (Å²) in [5.41, 5.74) is 2.01. The first-order chi connectivity index (χ1) is 13.4. The molecule has 4 rings (SSSR count). The summed E-state index contributed by atoms with van der Waals surface area (Å²) in [6, 6.07) is 12.8. The van der Waals surface area contributed by atoms with Gasteiger partial charge in [0.25, 0.3) is 5.91 Å². The van der Waals surface area contributed by atoms with Crippen LogP contribution in [0.5, 0.6) is 11.5 Å². The summed E-state index contributed by atoms with van der Waals surface area (Å²) >= 11 is 0. The number of hydrogen-bond donors (Lipinski definition) is 2. The lowest BCUT2D eigenvalue weighted by Crippen LogP contribution is -2.36. The molecule has 28 heavy (non-hydrogen) atoms. The van der Waals surface area contributed by atoms with E-state index in [-0.39, 0.29) is 24.1 Å². The van der Waals surface area contributed by atoms with E-state index in [0.717, 1.165) is 22.7 Å². The molecule has 7 nitrogen and oxygen atoms in total. The van der Waals surface area contributed by atoms with Gasteiger partial charge in [0, 0.05) is 36.3 Å². The number of nitrogens with one attached hydrogen (secondary N) is 2. The first kappa shape index (κ1) is 18.2. The predicted octanol–water partition coefficient (Wildman–Crippen LogP) is 2.65. The maximum absolute atomic E-state index is 12.7. The Morgan fingerprint density at radius 2 is 2.00 bits per heavy atom. The Hall–Kier alpha value is -3.22. The normalized spacial score (nSPS) is 15.5. The van der Waals surface area contributed by atoms with E-state index in [9.17, 15) is 9.59 Å². The van der Waals surface area contributed by atoms with E-state index < -0.39 is 0 Å². The molecule has 2 aliphatic heterocycles. The van der Waals surface area contributed by atoms with Gasteiger partial charge in [0.15, 0.2) is 11.5 Å². The minimum Gasteiger partial charge on any atom is -0.454 e. The minimum atomic E-state index is -0.289. The Bertz CT molecular complexity index is 926. The van der Waals surface area contributed by atoms with Crippen molar-refractivity contribution in [1.82, 2.24) is 10.6 Å². The Kier molecular flexibility index (Phi) is 4.58. The van der Waals surface area contributed by atoms with Gasteiger partial charge in [0.2, 0.25) is 6.79 Å². The topological polar surface area (TPSA) is 79.9 Å². The van der Waals surface area contributed by atoms with Crippen molar-refractivity contribution in [2.75, 3.05) is 31.3 Å². The molecule has 0 bridgehead atoms. The smallest absolute Gasteiger partial charge is 0.321 e. The molecule has 2 N–H and O–H groups in total. The van der Waals surface area contributed by atoms with Gasteiger partial charge in [0.05, 0.1) is 0 Å². The van der Waals surface area contributed by atoms with Crippen LogP contribution in [0.25, 0.3) is 0 Å². The predicted molar refractivity (Wildman–Crippen MR) is 105 cm³/mol. The van der Waals surface area contributed by atoms with Crippen molar-refractivity contribution in [2.24, 2.45) is 0 Å². The molecule has 0 saturated carbocycles. The van der Waals surface area contributed by atoms with Gasteiger partial charge in [-0.2, -0.15) is 0 Å². The van der Waals surface area contributed by atoms with Crippen LogP contribution >= 0.6 is 0 Å². The number of hydrogen-bond acceptors (Lipinski definition) is 4. The fourth-order valence-corrected chi connectivity index (χ4v) is 3.36. The molecule has 0 radical (unpaired) electrons. The third-order valence-electron chi connectivity index (χ3n) is 5.12. The van der Waals surface area contributed by atoms with Crippen LogP contribution in [0.4, 0.5) is 10.5 Å². The lowest BCUT2D eigenvalue weighted by Gasteiger charge is -2.26. The minimum absolute atomic E-state index is 0.138. The zero-order valence-electron chi connectivity index (χ0n) is 16.0. The van der Waals surface area contributed by atoms with Crippen LogP contribution in [-0.2, 0) is 5.41 Å². The molecule has 0 aliphatic carbocycles. The van der Waals surface area contributed by atoms with Gasteiger partial charge in [0.1, 0.15) is 0 Å². The summed E-state index contributed by atoms with van der Waals surface area (Å²) in [5.74, 6) is 1.30. The Morgan fingerprint density at radius 1 is 1.18 bits per heavy atom. The van der Waals surface area contributed by atoms with Crippen LogP contribution in [0, 0.1) is 0 Å². The summed E-state index contributed by atoms with van der Waals surface area (Å²) in [4.78, 5) is 26.2. The fourth-order valence-electron chi connectivity index (χ4n) is 3.36. The molecule has 0 unspecified atom stereocenters. The first-order valence-electron chi connectivity index (χ1n) is 9.28. The number of amides is 3. The van der Waals surface area contributed by atoms with Crippen LogP contribution in [0.1, 0.15) is 29.8 Å².